The molecule has 0 spiro atoms. The molecule has 3 N–H and O–H groups in total. The van der Waals surface area contributed by atoms with E-state index in [1.54, 1.807) is 0 Å². The van der Waals surface area contributed by atoms with Gasteiger partial charge >= 0.3 is 0 Å². The molecule has 1 aliphatic carbocycles. The van der Waals surface area contributed by atoms with Gasteiger partial charge in [-0.1, -0.05) is 25.7 Å². The van der Waals surface area contributed by atoms with Crippen molar-refractivity contribution in [2.24, 2.45) is 5.73 Å². The zero-order valence-electron chi connectivity index (χ0n) is 11.0. The molecule has 0 aromatic rings. The smallest absolute Gasteiger partial charge is 0.237 e. The molecule has 0 aromatic heterocycles. The van der Waals surface area contributed by atoms with Gasteiger partial charge in [-0.3, -0.25) is 10.1 Å². The molecule has 0 unspecified atom stereocenters. The molecular formula is C13H24N2OS2. The Balaban J connectivity index is 2.01. The number of primary amides is 1. The fraction of sp³-hybridized carbons (Fsp3) is 0.923. The molecular weight excluding hydrogens is 264 g/mol. The van der Waals surface area contributed by atoms with Gasteiger partial charge < -0.3 is 5.73 Å². The van der Waals surface area contributed by atoms with E-state index >= 15 is 0 Å². The third-order valence-electron chi connectivity index (χ3n) is 3.92. The summed E-state index contributed by atoms with van der Waals surface area (Å²) >= 11 is 3.99. The maximum absolute atomic E-state index is 11.9. The van der Waals surface area contributed by atoms with Gasteiger partial charge in [-0.05, 0) is 12.8 Å². The predicted molar refractivity (Wildman–Crippen MR) is 81.2 cm³/mol. The first-order valence-electron chi connectivity index (χ1n) is 6.96. The monoisotopic (exact) mass is 288 g/mol. The van der Waals surface area contributed by atoms with Gasteiger partial charge in [0.1, 0.15) is 0 Å². The summed E-state index contributed by atoms with van der Waals surface area (Å²) in [6, 6.07) is 0.438. The van der Waals surface area contributed by atoms with Crippen LogP contribution in [0.15, 0.2) is 0 Å². The van der Waals surface area contributed by atoms with Crippen molar-refractivity contribution in [1.82, 2.24) is 5.32 Å². The van der Waals surface area contributed by atoms with Gasteiger partial charge in [0.05, 0.1) is 5.54 Å². The number of nitrogens with one attached hydrogen (secondary N) is 1. The van der Waals surface area contributed by atoms with Gasteiger partial charge in [-0.25, -0.2) is 0 Å². The molecule has 2 fully saturated rings. The molecule has 0 radical (unpaired) electrons. The van der Waals surface area contributed by atoms with E-state index in [0.29, 0.717) is 6.04 Å². The van der Waals surface area contributed by atoms with E-state index < -0.39 is 5.54 Å². The molecule has 0 atom stereocenters. The average Bonchev–Trinajstić information content (AvgIpc) is 2.73. The quantitative estimate of drug-likeness (QED) is 0.780. The third-order valence-corrected chi connectivity index (χ3v) is 6.44. The Kier molecular flexibility index (Phi) is 5.70. The molecule has 1 heterocycles. The number of carbonyl (C=O) groups is 1. The summed E-state index contributed by atoms with van der Waals surface area (Å²) in [4.78, 5) is 11.9. The van der Waals surface area contributed by atoms with Crippen LogP contribution in [0.4, 0.5) is 0 Å². The zero-order chi connectivity index (χ0) is 12.8. The standard InChI is InChI=1S/C13H24N2OS2/c14-12(16)13(5-3-1-2-4-6-13)15-11-9-17-7-8-18-10-11/h11,15H,1-10H2,(H2,14,16). The van der Waals surface area contributed by atoms with E-state index in [-0.39, 0.29) is 5.91 Å². The van der Waals surface area contributed by atoms with Gasteiger partial charge in [-0.2, -0.15) is 23.5 Å². The highest BCUT2D eigenvalue weighted by atomic mass is 32.2. The van der Waals surface area contributed by atoms with Crippen LogP contribution in [-0.2, 0) is 4.79 Å². The number of hydrogen-bond donors (Lipinski definition) is 2. The van der Waals surface area contributed by atoms with Gasteiger partial charge in [0.2, 0.25) is 5.91 Å². The fourth-order valence-electron chi connectivity index (χ4n) is 2.89. The Morgan fingerprint density at radius 3 is 2.11 bits per heavy atom. The van der Waals surface area contributed by atoms with Gasteiger partial charge in [0.15, 0.2) is 0 Å². The Morgan fingerprint density at radius 1 is 1.06 bits per heavy atom. The number of thioether (sulfide) groups is 2. The van der Waals surface area contributed by atoms with Crippen LogP contribution in [0, 0.1) is 0 Å². The van der Waals surface area contributed by atoms with Gasteiger partial charge in [0.25, 0.3) is 0 Å². The fourth-order valence-corrected chi connectivity index (χ4v) is 5.28. The lowest BCUT2D eigenvalue weighted by Crippen LogP contribution is -2.59. The largest absolute Gasteiger partial charge is 0.368 e. The highest BCUT2D eigenvalue weighted by Crippen LogP contribution is 2.29. The number of nitrogens with two attached hydrogens (primary N) is 1. The predicted octanol–water partition coefficient (Wildman–Crippen LogP) is 2.00. The summed E-state index contributed by atoms with van der Waals surface area (Å²) in [5, 5.41) is 3.63. The Bertz CT molecular complexity index is 270. The number of hydrogen-bond acceptors (Lipinski definition) is 4. The van der Waals surface area contributed by atoms with Crippen molar-refractivity contribution in [2.75, 3.05) is 23.0 Å². The minimum Gasteiger partial charge on any atom is -0.368 e. The molecule has 1 aliphatic heterocycles. The highest BCUT2D eigenvalue weighted by Gasteiger charge is 2.38. The lowest BCUT2D eigenvalue weighted by molar-refractivity contribution is -0.125. The molecule has 1 amide bonds. The number of amides is 1. The summed E-state index contributed by atoms with van der Waals surface area (Å²) in [5.74, 6) is 4.55. The van der Waals surface area contributed by atoms with E-state index in [0.717, 1.165) is 37.2 Å². The summed E-state index contributed by atoms with van der Waals surface area (Å²) in [7, 11) is 0. The molecule has 0 bridgehead atoms. The molecule has 104 valence electrons. The van der Waals surface area contributed by atoms with Crippen LogP contribution in [0.2, 0.25) is 0 Å². The van der Waals surface area contributed by atoms with Crippen LogP contribution in [0.3, 0.4) is 0 Å². The van der Waals surface area contributed by atoms with Gasteiger partial charge in [-0.15, -0.1) is 0 Å². The molecule has 0 aromatic carbocycles. The zero-order valence-corrected chi connectivity index (χ0v) is 12.6. The summed E-state index contributed by atoms with van der Waals surface area (Å²) in [5.41, 5.74) is 5.29. The molecule has 5 heteroatoms. The van der Waals surface area contributed by atoms with Crippen molar-refractivity contribution in [2.45, 2.75) is 50.1 Å². The second-order valence-corrected chi connectivity index (χ2v) is 7.65. The summed E-state index contributed by atoms with van der Waals surface area (Å²) in [6.07, 6.45) is 6.59. The van der Waals surface area contributed by atoms with E-state index in [4.69, 9.17) is 5.73 Å². The first-order valence-corrected chi connectivity index (χ1v) is 9.27. The van der Waals surface area contributed by atoms with Gasteiger partial charge in [0, 0.05) is 29.1 Å². The maximum atomic E-state index is 11.9. The number of carbonyl (C=O) groups excluding carboxylic acids is 1. The van der Waals surface area contributed by atoms with Crippen molar-refractivity contribution in [1.29, 1.82) is 0 Å². The molecule has 1 saturated heterocycles. The van der Waals surface area contributed by atoms with Crippen LogP contribution < -0.4 is 11.1 Å². The van der Waals surface area contributed by atoms with Crippen LogP contribution in [-0.4, -0.2) is 40.5 Å². The van der Waals surface area contributed by atoms with E-state index in [2.05, 4.69) is 5.32 Å². The van der Waals surface area contributed by atoms with Crippen LogP contribution in [0.25, 0.3) is 0 Å². The average molecular weight is 288 g/mol. The second-order valence-electron chi connectivity index (χ2n) is 5.35. The van der Waals surface area contributed by atoms with E-state index in [1.807, 2.05) is 23.5 Å². The van der Waals surface area contributed by atoms with E-state index in [9.17, 15) is 4.79 Å². The molecule has 2 rings (SSSR count). The van der Waals surface area contributed by atoms with Crippen molar-refractivity contribution >= 4 is 29.4 Å². The normalized spacial score (nSPS) is 26.2. The molecule has 2 aliphatic rings. The van der Waals surface area contributed by atoms with Crippen molar-refractivity contribution in [3.8, 4) is 0 Å². The van der Waals surface area contributed by atoms with Crippen LogP contribution in [0.1, 0.15) is 38.5 Å². The first-order chi connectivity index (χ1) is 8.73. The number of rotatable bonds is 3. The molecule has 18 heavy (non-hydrogen) atoms. The highest BCUT2D eigenvalue weighted by molar-refractivity contribution is 8.03. The summed E-state index contributed by atoms with van der Waals surface area (Å²) < 4.78 is 0. The minimum absolute atomic E-state index is 0.136. The third kappa shape index (κ3) is 3.81. The SMILES string of the molecule is NC(=O)C1(NC2CSCCSC2)CCCCCC1. The Morgan fingerprint density at radius 2 is 1.61 bits per heavy atom. The topological polar surface area (TPSA) is 55.1 Å². The second kappa shape index (κ2) is 7.06. The first kappa shape index (κ1) is 14.5. The Hall–Kier alpha value is 0.130. The van der Waals surface area contributed by atoms with Crippen LogP contribution >= 0.6 is 23.5 Å². The molecule has 3 nitrogen and oxygen atoms in total. The lowest BCUT2D eigenvalue weighted by Gasteiger charge is -2.34. The maximum Gasteiger partial charge on any atom is 0.237 e. The molecule has 1 saturated carbocycles. The minimum atomic E-state index is -0.424. The van der Waals surface area contributed by atoms with Crippen molar-refractivity contribution < 1.29 is 4.79 Å². The van der Waals surface area contributed by atoms with Crippen LogP contribution in [0.5, 0.6) is 0 Å². The lowest BCUT2D eigenvalue weighted by atomic mass is 9.88. The van der Waals surface area contributed by atoms with Crippen molar-refractivity contribution in [3.05, 3.63) is 0 Å². The Labute approximate surface area is 118 Å². The summed E-state index contributed by atoms with van der Waals surface area (Å²) in [6.45, 7) is 0. The van der Waals surface area contributed by atoms with E-state index in [1.165, 1.54) is 24.3 Å². The van der Waals surface area contributed by atoms with Crippen molar-refractivity contribution in [3.63, 3.8) is 0 Å².